The van der Waals surface area contributed by atoms with Crippen LogP contribution in [0, 0.1) is 16.0 Å². The molecule has 3 aromatic rings. The molecule has 178 valence electrons. The summed E-state index contributed by atoms with van der Waals surface area (Å²) in [5.41, 5.74) is 1.12. The van der Waals surface area contributed by atoms with Crippen molar-refractivity contribution in [1.29, 1.82) is 0 Å². The van der Waals surface area contributed by atoms with Crippen LogP contribution in [-0.2, 0) is 14.4 Å². The molecule has 0 saturated carbocycles. The van der Waals surface area contributed by atoms with E-state index in [9.17, 15) is 19.7 Å². The molecule has 2 amide bonds. The van der Waals surface area contributed by atoms with Crippen LogP contribution in [-0.4, -0.2) is 29.4 Å². The summed E-state index contributed by atoms with van der Waals surface area (Å²) in [6, 6.07) is 18.7. The minimum Gasteiger partial charge on any atom is -0.494 e. The average molecular weight is 494 g/mol. The quantitative estimate of drug-likeness (QED) is 0.278. The molecule has 2 aliphatic rings. The van der Waals surface area contributed by atoms with Crippen molar-refractivity contribution in [2.45, 2.75) is 19.1 Å². The summed E-state index contributed by atoms with van der Waals surface area (Å²) in [4.78, 5) is 45.2. The first-order chi connectivity index (χ1) is 16.9. The number of rotatable bonds is 6. The maximum atomic E-state index is 13.7. The van der Waals surface area contributed by atoms with Gasteiger partial charge in [-0.05, 0) is 49.4 Å². The highest BCUT2D eigenvalue weighted by molar-refractivity contribution is 6.31. The van der Waals surface area contributed by atoms with Gasteiger partial charge in [0.15, 0.2) is 6.10 Å². The minimum absolute atomic E-state index is 0.180. The lowest BCUT2D eigenvalue weighted by Crippen LogP contribution is -2.37. The lowest BCUT2D eigenvalue weighted by Gasteiger charge is -2.29. The topological polar surface area (TPSA) is 102 Å². The van der Waals surface area contributed by atoms with Gasteiger partial charge in [-0.3, -0.25) is 24.5 Å². The standard InChI is InChI=1S/C25H20ClN3O6/c1-2-34-18-11-8-15(9-12-18)27-24(30)21-22(19-14-17(29(32)33)10-13-20(19)26)28(35-23(21)25(27)31)16-6-4-3-5-7-16/h3-14,21-23H,2H2,1H3/t21-,22+,23-/m1/s1. The molecule has 0 bridgehead atoms. The lowest BCUT2D eigenvalue weighted by atomic mass is 9.90. The number of para-hydroxylation sites is 1. The largest absolute Gasteiger partial charge is 0.494 e. The van der Waals surface area contributed by atoms with Crippen molar-refractivity contribution in [3.05, 3.63) is 93.5 Å². The Hall–Kier alpha value is -3.95. The van der Waals surface area contributed by atoms with E-state index in [1.807, 2.05) is 13.0 Å². The van der Waals surface area contributed by atoms with Gasteiger partial charge in [0.1, 0.15) is 11.7 Å². The molecule has 9 nitrogen and oxygen atoms in total. The third-order valence-corrected chi connectivity index (χ3v) is 6.39. The van der Waals surface area contributed by atoms with E-state index in [-0.39, 0.29) is 10.7 Å². The highest BCUT2D eigenvalue weighted by Gasteiger charge is 2.60. The zero-order valence-corrected chi connectivity index (χ0v) is 19.3. The molecule has 0 spiro atoms. The Kier molecular flexibility index (Phi) is 5.88. The van der Waals surface area contributed by atoms with Crippen molar-refractivity contribution >= 4 is 40.5 Å². The van der Waals surface area contributed by atoms with E-state index in [1.165, 1.54) is 23.3 Å². The van der Waals surface area contributed by atoms with Crippen LogP contribution in [0.2, 0.25) is 5.02 Å². The normalized spacial score (nSPS) is 21.4. The second-order valence-corrected chi connectivity index (χ2v) is 8.47. The fourth-order valence-corrected chi connectivity index (χ4v) is 4.74. The maximum absolute atomic E-state index is 13.7. The van der Waals surface area contributed by atoms with Gasteiger partial charge in [-0.25, -0.2) is 9.96 Å². The second kappa shape index (κ2) is 9.01. The fourth-order valence-electron chi connectivity index (χ4n) is 4.51. The summed E-state index contributed by atoms with van der Waals surface area (Å²) in [7, 11) is 0. The predicted molar refractivity (Wildman–Crippen MR) is 128 cm³/mol. The number of nitro benzene ring substituents is 1. The minimum atomic E-state index is -1.12. The number of carbonyl (C=O) groups excluding carboxylic acids is 2. The number of halogens is 1. The van der Waals surface area contributed by atoms with Crippen molar-refractivity contribution in [2.75, 3.05) is 16.6 Å². The summed E-state index contributed by atoms with van der Waals surface area (Å²) in [5.74, 6) is -1.35. The number of ether oxygens (including phenoxy) is 1. The van der Waals surface area contributed by atoms with Gasteiger partial charge in [0, 0.05) is 22.7 Å². The molecule has 10 heteroatoms. The van der Waals surface area contributed by atoms with Crippen LogP contribution in [0.5, 0.6) is 5.75 Å². The Balaban J connectivity index is 1.58. The summed E-state index contributed by atoms with van der Waals surface area (Å²) in [6.07, 6.45) is -1.12. The van der Waals surface area contributed by atoms with Crippen molar-refractivity contribution in [2.24, 2.45) is 5.92 Å². The first-order valence-corrected chi connectivity index (χ1v) is 11.3. The van der Waals surface area contributed by atoms with E-state index >= 15 is 0 Å². The number of hydroxylamine groups is 1. The molecule has 3 aromatic carbocycles. The molecular weight excluding hydrogens is 474 g/mol. The highest BCUT2D eigenvalue weighted by atomic mass is 35.5. The van der Waals surface area contributed by atoms with E-state index in [1.54, 1.807) is 48.5 Å². The van der Waals surface area contributed by atoms with Gasteiger partial charge >= 0.3 is 0 Å². The van der Waals surface area contributed by atoms with Crippen LogP contribution in [0.4, 0.5) is 17.1 Å². The molecule has 0 aliphatic carbocycles. The Morgan fingerprint density at radius 2 is 1.71 bits per heavy atom. The van der Waals surface area contributed by atoms with Crippen LogP contribution >= 0.6 is 11.6 Å². The van der Waals surface area contributed by atoms with Crippen molar-refractivity contribution in [3.63, 3.8) is 0 Å². The van der Waals surface area contributed by atoms with Crippen molar-refractivity contribution in [3.8, 4) is 5.75 Å². The first kappa shape index (κ1) is 22.8. The van der Waals surface area contributed by atoms with Crippen LogP contribution in [0.25, 0.3) is 0 Å². The number of nitrogens with zero attached hydrogens (tertiary/aromatic N) is 3. The molecule has 5 rings (SSSR count). The Morgan fingerprint density at radius 1 is 1.00 bits per heavy atom. The SMILES string of the molecule is CCOc1ccc(N2C(=O)[C@H]3[C@@H](ON(c4ccccc4)[C@H]3c3cc([N+](=O)[O-])ccc3Cl)C2=O)cc1. The third kappa shape index (κ3) is 3.88. The maximum Gasteiger partial charge on any atom is 0.269 e. The summed E-state index contributed by atoms with van der Waals surface area (Å²) < 4.78 is 5.44. The molecule has 0 unspecified atom stereocenters. The Bertz CT molecular complexity index is 1300. The lowest BCUT2D eigenvalue weighted by molar-refractivity contribution is -0.384. The molecule has 3 atom stereocenters. The van der Waals surface area contributed by atoms with Crippen molar-refractivity contribution < 1.29 is 24.1 Å². The van der Waals surface area contributed by atoms with Gasteiger partial charge in [0.2, 0.25) is 5.91 Å². The fraction of sp³-hybridized carbons (Fsp3) is 0.200. The number of non-ortho nitro benzene ring substituents is 1. The molecule has 2 aliphatic heterocycles. The van der Waals surface area contributed by atoms with Gasteiger partial charge in [-0.15, -0.1) is 0 Å². The van der Waals surface area contributed by atoms with E-state index in [0.29, 0.717) is 29.3 Å². The Labute approximate surface area is 205 Å². The van der Waals surface area contributed by atoms with E-state index in [2.05, 4.69) is 0 Å². The summed E-state index contributed by atoms with van der Waals surface area (Å²) >= 11 is 6.48. The molecular formula is C25H20ClN3O6. The van der Waals surface area contributed by atoms with Crippen LogP contribution in [0.3, 0.4) is 0 Å². The molecule has 2 saturated heterocycles. The second-order valence-electron chi connectivity index (χ2n) is 8.06. The van der Waals surface area contributed by atoms with Gasteiger partial charge in [-0.1, -0.05) is 29.8 Å². The van der Waals surface area contributed by atoms with Crippen LogP contribution in [0.15, 0.2) is 72.8 Å². The zero-order valence-electron chi connectivity index (χ0n) is 18.5. The molecule has 2 fully saturated rings. The number of hydrogen-bond donors (Lipinski definition) is 0. The monoisotopic (exact) mass is 493 g/mol. The molecule has 0 radical (unpaired) electrons. The van der Waals surface area contributed by atoms with Crippen LogP contribution < -0.4 is 14.7 Å². The third-order valence-electron chi connectivity index (χ3n) is 6.04. The summed E-state index contributed by atoms with van der Waals surface area (Å²) in [5, 5.41) is 13.1. The zero-order chi connectivity index (χ0) is 24.7. The molecule has 0 aromatic heterocycles. The highest BCUT2D eigenvalue weighted by Crippen LogP contribution is 2.49. The number of benzene rings is 3. The molecule has 35 heavy (non-hydrogen) atoms. The van der Waals surface area contributed by atoms with E-state index in [0.717, 1.165) is 4.90 Å². The van der Waals surface area contributed by atoms with E-state index in [4.69, 9.17) is 21.2 Å². The van der Waals surface area contributed by atoms with Gasteiger partial charge in [0.25, 0.3) is 11.6 Å². The number of fused-ring (bicyclic) bond motifs is 1. The van der Waals surface area contributed by atoms with Crippen LogP contribution in [0.1, 0.15) is 18.5 Å². The van der Waals surface area contributed by atoms with Gasteiger partial charge in [-0.2, -0.15) is 0 Å². The number of imide groups is 1. The molecule has 0 N–H and O–H groups in total. The first-order valence-electron chi connectivity index (χ1n) is 11.0. The number of nitro groups is 1. The Morgan fingerprint density at radius 3 is 2.37 bits per heavy atom. The predicted octanol–water partition coefficient (Wildman–Crippen LogP) is 4.70. The number of anilines is 2. The van der Waals surface area contributed by atoms with E-state index < -0.39 is 34.8 Å². The van der Waals surface area contributed by atoms with Crippen molar-refractivity contribution in [1.82, 2.24) is 0 Å². The number of hydrogen-bond acceptors (Lipinski definition) is 7. The molecule has 2 heterocycles. The van der Waals surface area contributed by atoms with Gasteiger partial charge < -0.3 is 4.74 Å². The summed E-state index contributed by atoms with van der Waals surface area (Å²) in [6.45, 7) is 2.34. The smallest absolute Gasteiger partial charge is 0.269 e. The van der Waals surface area contributed by atoms with Gasteiger partial charge in [0.05, 0.1) is 28.9 Å². The number of amides is 2. The average Bonchev–Trinajstić information content (AvgIpc) is 3.36. The number of carbonyl (C=O) groups is 2.